The molecule has 2 aromatic carbocycles. The Balaban J connectivity index is 1.82. The Bertz CT molecular complexity index is 669. The van der Waals surface area contributed by atoms with Crippen molar-refractivity contribution in [1.82, 2.24) is 5.32 Å². The third-order valence-electron chi connectivity index (χ3n) is 4.05. The van der Waals surface area contributed by atoms with Crippen LogP contribution in [0, 0.1) is 0 Å². The number of alkyl halides is 3. The van der Waals surface area contributed by atoms with Gasteiger partial charge in [0.2, 0.25) is 0 Å². The summed E-state index contributed by atoms with van der Waals surface area (Å²) >= 11 is 0. The molecule has 0 fully saturated rings. The summed E-state index contributed by atoms with van der Waals surface area (Å²) in [6.45, 7) is 0.608. The van der Waals surface area contributed by atoms with E-state index >= 15 is 0 Å². The van der Waals surface area contributed by atoms with Crippen LogP contribution in [-0.4, -0.2) is 11.1 Å². The molecule has 1 heterocycles. The number of hydrogen-bond donors (Lipinski definition) is 2. The van der Waals surface area contributed by atoms with E-state index in [4.69, 9.17) is 0 Å². The fraction of sp³-hybridized carbons (Fsp3) is 0.294. The van der Waals surface area contributed by atoms with E-state index in [1.807, 2.05) is 24.3 Å². The molecule has 1 aliphatic rings. The van der Waals surface area contributed by atoms with Gasteiger partial charge < -0.3 is 10.4 Å². The van der Waals surface area contributed by atoms with Gasteiger partial charge in [-0.25, -0.2) is 0 Å². The van der Waals surface area contributed by atoms with Gasteiger partial charge in [0, 0.05) is 12.6 Å². The van der Waals surface area contributed by atoms with Crippen molar-refractivity contribution < 1.29 is 18.3 Å². The summed E-state index contributed by atoms with van der Waals surface area (Å²) in [4.78, 5) is 0. The van der Waals surface area contributed by atoms with Crippen LogP contribution in [0.15, 0.2) is 48.5 Å². The second-order valence-corrected chi connectivity index (χ2v) is 5.53. The lowest BCUT2D eigenvalue weighted by molar-refractivity contribution is -0.137. The van der Waals surface area contributed by atoms with E-state index in [0.29, 0.717) is 13.0 Å². The molecule has 5 heteroatoms. The van der Waals surface area contributed by atoms with Crippen LogP contribution in [0.4, 0.5) is 13.2 Å². The van der Waals surface area contributed by atoms with Crippen LogP contribution in [-0.2, 0) is 19.1 Å². The van der Waals surface area contributed by atoms with Crippen molar-refractivity contribution in [3.63, 3.8) is 0 Å². The van der Waals surface area contributed by atoms with Crippen LogP contribution in [0.2, 0.25) is 0 Å². The maximum atomic E-state index is 12.8. The zero-order chi connectivity index (χ0) is 15.7. The molecule has 0 aliphatic carbocycles. The normalized spacial score (nSPS) is 19.5. The van der Waals surface area contributed by atoms with Gasteiger partial charge in [-0.3, -0.25) is 0 Å². The van der Waals surface area contributed by atoms with Gasteiger partial charge >= 0.3 is 6.18 Å². The molecule has 116 valence electrons. The summed E-state index contributed by atoms with van der Waals surface area (Å²) in [7, 11) is 0. The predicted octanol–water partition coefficient (Wildman–Crippen LogP) is 3.45. The van der Waals surface area contributed by atoms with Gasteiger partial charge in [0.1, 0.15) is 0 Å². The second-order valence-electron chi connectivity index (χ2n) is 5.53. The average Bonchev–Trinajstić information content (AvgIpc) is 2.53. The quantitative estimate of drug-likeness (QED) is 0.890. The average molecular weight is 307 g/mol. The first-order chi connectivity index (χ1) is 10.4. The summed E-state index contributed by atoms with van der Waals surface area (Å²) in [6.07, 6.45) is -4.79. The molecule has 2 atom stereocenters. The molecule has 2 N–H and O–H groups in total. The number of benzene rings is 2. The highest BCUT2D eigenvalue weighted by Crippen LogP contribution is 2.32. The smallest absolute Gasteiger partial charge is 0.387 e. The molecule has 0 saturated carbocycles. The van der Waals surface area contributed by atoms with Crippen LogP contribution in [0.3, 0.4) is 0 Å². The minimum Gasteiger partial charge on any atom is -0.387 e. The van der Waals surface area contributed by atoms with Crippen LogP contribution >= 0.6 is 0 Å². The third kappa shape index (κ3) is 3.00. The molecular weight excluding hydrogens is 291 g/mol. The summed E-state index contributed by atoms with van der Waals surface area (Å²) in [5.74, 6) is 0. The van der Waals surface area contributed by atoms with E-state index in [1.54, 1.807) is 0 Å². The molecule has 0 saturated heterocycles. The SMILES string of the molecule is OC(c1cccc(C(F)(F)F)c1)C1Cc2ccccc2CN1. The van der Waals surface area contributed by atoms with Crippen molar-refractivity contribution in [2.75, 3.05) is 0 Å². The van der Waals surface area contributed by atoms with E-state index in [0.717, 1.165) is 23.3 Å². The molecule has 2 nitrogen and oxygen atoms in total. The zero-order valence-corrected chi connectivity index (χ0v) is 11.8. The molecule has 2 aromatic rings. The lowest BCUT2D eigenvalue weighted by Gasteiger charge is -2.30. The van der Waals surface area contributed by atoms with Crippen LogP contribution in [0.25, 0.3) is 0 Å². The van der Waals surface area contributed by atoms with Gasteiger partial charge in [0.15, 0.2) is 0 Å². The lowest BCUT2D eigenvalue weighted by Crippen LogP contribution is -2.40. The highest BCUT2D eigenvalue weighted by molar-refractivity contribution is 5.33. The first kappa shape index (κ1) is 15.1. The summed E-state index contributed by atoms with van der Waals surface area (Å²) in [5.41, 5.74) is 1.83. The minimum absolute atomic E-state index is 0.284. The highest BCUT2D eigenvalue weighted by atomic mass is 19.4. The van der Waals surface area contributed by atoms with Crippen LogP contribution in [0.5, 0.6) is 0 Å². The van der Waals surface area contributed by atoms with Gasteiger partial charge in [-0.15, -0.1) is 0 Å². The van der Waals surface area contributed by atoms with Gasteiger partial charge in [0.25, 0.3) is 0 Å². The third-order valence-corrected chi connectivity index (χ3v) is 4.05. The van der Waals surface area contributed by atoms with Gasteiger partial charge in [-0.1, -0.05) is 36.4 Å². The maximum absolute atomic E-state index is 12.8. The van der Waals surface area contributed by atoms with Crippen molar-refractivity contribution in [2.24, 2.45) is 0 Å². The number of aliphatic hydroxyl groups excluding tert-OH is 1. The monoisotopic (exact) mass is 307 g/mol. The fourth-order valence-electron chi connectivity index (χ4n) is 2.83. The van der Waals surface area contributed by atoms with E-state index in [-0.39, 0.29) is 11.6 Å². The lowest BCUT2D eigenvalue weighted by atomic mass is 9.90. The van der Waals surface area contributed by atoms with Crippen LogP contribution < -0.4 is 5.32 Å². The number of fused-ring (bicyclic) bond motifs is 1. The topological polar surface area (TPSA) is 32.3 Å². The summed E-state index contributed by atoms with van der Waals surface area (Å²) in [6, 6.07) is 12.5. The van der Waals surface area contributed by atoms with Crippen molar-refractivity contribution in [2.45, 2.75) is 31.3 Å². The Labute approximate surface area is 126 Å². The number of halogens is 3. The predicted molar refractivity (Wildman–Crippen MR) is 77.2 cm³/mol. The Kier molecular flexibility index (Phi) is 3.93. The van der Waals surface area contributed by atoms with Crippen molar-refractivity contribution in [3.8, 4) is 0 Å². The van der Waals surface area contributed by atoms with E-state index in [1.165, 1.54) is 12.1 Å². The molecule has 2 unspecified atom stereocenters. The van der Waals surface area contributed by atoms with Crippen LogP contribution in [0.1, 0.15) is 28.4 Å². The Morgan fingerprint density at radius 1 is 1.05 bits per heavy atom. The zero-order valence-electron chi connectivity index (χ0n) is 11.8. The summed E-state index contributed by atoms with van der Waals surface area (Å²) < 4.78 is 38.3. The standard InChI is InChI=1S/C17H16F3NO/c18-17(19,20)14-7-3-6-12(8-14)16(22)15-9-11-4-1-2-5-13(11)10-21-15/h1-8,15-16,21-22H,9-10H2. The number of nitrogens with one attached hydrogen (secondary N) is 1. The molecule has 22 heavy (non-hydrogen) atoms. The number of rotatable bonds is 2. The van der Waals surface area contributed by atoms with E-state index in [9.17, 15) is 18.3 Å². The highest BCUT2D eigenvalue weighted by Gasteiger charge is 2.32. The Morgan fingerprint density at radius 3 is 2.50 bits per heavy atom. The minimum atomic E-state index is -4.40. The second kappa shape index (κ2) is 5.74. The molecule has 0 radical (unpaired) electrons. The van der Waals surface area contributed by atoms with E-state index in [2.05, 4.69) is 5.32 Å². The first-order valence-electron chi connectivity index (χ1n) is 7.10. The van der Waals surface area contributed by atoms with Gasteiger partial charge in [-0.2, -0.15) is 13.2 Å². The molecular formula is C17H16F3NO. The van der Waals surface area contributed by atoms with Crippen molar-refractivity contribution in [1.29, 1.82) is 0 Å². The van der Waals surface area contributed by atoms with Crippen molar-refractivity contribution >= 4 is 0 Å². The summed E-state index contributed by atoms with van der Waals surface area (Å²) in [5, 5.41) is 13.6. The number of aliphatic hydroxyl groups is 1. The molecule has 1 aliphatic heterocycles. The molecule has 0 amide bonds. The maximum Gasteiger partial charge on any atom is 0.416 e. The fourth-order valence-corrected chi connectivity index (χ4v) is 2.83. The van der Waals surface area contributed by atoms with Gasteiger partial charge in [0.05, 0.1) is 11.7 Å². The van der Waals surface area contributed by atoms with Crippen molar-refractivity contribution in [3.05, 3.63) is 70.8 Å². The van der Waals surface area contributed by atoms with E-state index < -0.39 is 17.8 Å². The molecule has 0 bridgehead atoms. The number of hydrogen-bond acceptors (Lipinski definition) is 2. The molecule has 0 spiro atoms. The molecule has 0 aromatic heterocycles. The molecule has 3 rings (SSSR count). The van der Waals surface area contributed by atoms with Gasteiger partial charge in [-0.05, 0) is 35.2 Å². The Hall–Kier alpha value is -1.85. The Morgan fingerprint density at radius 2 is 1.77 bits per heavy atom. The largest absolute Gasteiger partial charge is 0.416 e. The first-order valence-corrected chi connectivity index (χ1v) is 7.10.